The van der Waals surface area contributed by atoms with Gasteiger partial charge in [-0.1, -0.05) is 6.92 Å². The van der Waals surface area contributed by atoms with Crippen molar-refractivity contribution in [3.05, 3.63) is 11.1 Å². The first kappa shape index (κ1) is 13.4. The molecule has 0 bridgehead atoms. The third kappa shape index (κ3) is 4.05. The monoisotopic (exact) mass is 264 g/mol. The number of thiazole rings is 1. The minimum atomic E-state index is -3.50. The fraction of sp³-hybridized carbons (Fsp3) is 0.625. The van der Waals surface area contributed by atoms with Crippen molar-refractivity contribution in [2.24, 2.45) is 5.73 Å². The van der Waals surface area contributed by atoms with Crippen molar-refractivity contribution in [1.29, 1.82) is 0 Å². The fourth-order valence-electron chi connectivity index (χ4n) is 0.930. The highest BCUT2D eigenvalue weighted by molar-refractivity contribution is 7.91. The molecule has 0 saturated carbocycles. The minimum absolute atomic E-state index is 0.196. The highest BCUT2D eigenvalue weighted by Crippen LogP contribution is 2.19. The van der Waals surface area contributed by atoms with E-state index in [4.69, 9.17) is 5.73 Å². The van der Waals surface area contributed by atoms with Crippen LogP contribution in [0.5, 0.6) is 0 Å². The van der Waals surface area contributed by atoms with E-state index < -0.39 is 10.2 Å². The van der Waals surface area contributed by atoms with Gasteiger partial charge in [0.05, 0.1) is 5.69 Å². The van der Waals surface area contributed by atoms with Gasteiger partial charge < -0.3 is 5.73 Å². The van der Waals surface area contributed by atoms with E-state index in [1.54, 1.807) is 12.3 Å². The van der Waals surface area contributed by atoms with Crippen LogP contribution in [-0.4, -0.2) is 19.9 Å². The Labute approximate surface area is 99.5 Å². The number of nitrogens with zero attached hydrogens (tertiary/aromatic N) is 1. The topological polar surface area (TPSA) is 97.1 Å². The normalized spacial score (nSPS) is 13.7. The molecule has 1 atom stereocenters. The Bertz CT molecular complexity index is 427. The number of nitrogens with two attached hydrogens (primary N) is 1. The summed E-state index contributed by atoms with van der Waals surface area (Å²) >= 11 is 1.22. The molecule has 0 radical (unpaired) electrons. The fourth-order valence-corrected chi connectivity index (χ4v) is 2.93. The summed E-state index contributed by atoms with van der Waals surface area (Å²) in [5.74, 6) is 0. The summed E-state index contributed by atoms with van der Waals surface area (Å²) in [7, 11) is -3.50. The standard InChI is InChI=1S/C8H16N4O2S2/c1-3-4-10-16(13,14)12-8-11-7(5-15-8)6(2)9/h5-6,10H,3-4,9H2,1-2H3,(H,11,12). The number of hydrogen-bond donors (Lipinski definition) is 3. The van der Waals surface area contributed by atoms with E-state index >= 15 is 0 Å². The highest BCUT2D eigenvalue weighted by atomic mass is 32.2. The number of rotatable bonds is 6. The number of aromatic nitrogens is 1. The van der Waals surface area contributed by atoms with Crippen molar-refractivity contribution in [2.45, 2.75) is 26.3 Å². The summed E-state index contributed by atoms with van der Waals surface area (Å²) in [6.45, 7) is 4.09. The largest absolute Gasteiger partial charge is 0.323 e. The van der Waals surface area contributed by atoms with Gasteiger partial charge in [0.2, 0.25) is 0 Å². The Hall–Kier alpha value is -0.700. The van der Waals surface area contributed by atoms with Crippen molar-refractivity contribution in [3.63, 3.8) is 0 Å². The summed E-state index contributed by atoms with van der Waals surface area (Å²) in [6.07, 6.45) is 0.740. The van der Waals surface area contributed by atoms with E-state index in [1.165, 1.54) is 11.3 Å². The van der Waals surface area contributed by atoms with Gasteiger partial charge in [-0.3, -0.25) is 0 Å². The summed E-state index contributed by atoms with van der Waals surface area (Å²) in [4.78, 5) is 4.07. The predicted molar refractivity (Wildman–Crippen MR) is 65.6 cm³/mol. The van der Waals surface area contributed by atoms with Crippen LogP contribution >= 0.6 is 11.3 Å². The molecule has 0 saturated heterocycles. The van der Waals surface area contributed by atoms with E-state index in [0.717, 1.165) is 6.42 Å². The Morgan fingerprint density at radius 3 is 2.81 bits per heavy atom. The molecule has 0 aliphatic rings. The van der Waals surface area contributed by atoms with Gasteiger partial charge in [-0.25, -0.2) is 9.71 Å². The second-order valence-corrected chi connectivity index (χ2v) is 5.72. The van der Waals surface area contributed by atoms with Crippen LogP contribution < -0.4 is 15.2 Å². The van der Waals surface area contributed by atoms with E-state index in [2.05, 4.69) is 14.4 Å². The summed E-state index contributed by atoms with van der Waals surface area (Å²) in [5.41, 5.74) is 6.30. The lowest BCUT2D eigenvalue weighted by Crippen LogP contribution is -2.30. The van der Waals surface area contributed by atoms with Gasteiger partial charge >= 0.3 is 10.2 Å². The smallest absolute Gasteiger partial charge is 0.300 e. The van der Waals surface area contributed by atoms with Gasteiger partial charge in [-0.05, 0) is 13.3 Å². The van der Waals surface area contributed by atoms with Gasteiger partial charge in [0, 0.05) is 18.0 Å². The zero-order valence-corrected chi connectivity index (χ0v) is 10.9. The van der Waals surface area contributed by atoms with Crippen LogP contribution in [0.3, 0.4) is 0 Å². The Balaban J connectivity index is 2.65. The Morgan fingerprint density at radius 1 is 1.62 bits per heavy atom. The molecule has 0 fully saturated rings. The first-order valence-electron chi connectivity index (χ1n) is 4.93. The SMILES string of the molecule is CCCNS(=O)(=O)Nc1nc(C(C)N)cs1. The van der Waals surface area contributed by atoms with Gasteiger partial charge in [0.1, 0.15) is 0 Å². The molecule has 1 aromatic heterocycles. The molecule has 0 aliphatic heterocycles. The van der Waals surface area contributed by atoms with Crippen molar-refractivity contribution in [2.75, 3.05) is 11.3 Å². The first-order valence-corrected chi connectivity index (χ1v) is 7.29. The molecule has 0 aromatic carbocycles. The number of anilines is 1. The molecule has 0 spiro atoms. The van der Waals surface area contributed by atoms with Crippen LogP contribution in [0.1, 0.15) is 32.0 Å². The van der Waals surface area contributed by atoms with Gasteiger partial charge in [-0.2, -0.15) is 13.1 Å². The quantitative estimate of drug-likeness (QED) is 0.708. The maximum atomic E-state index is 11.5. The molecule has 1 aromatic rings. The van der Waals surface area contributed by atoms with Crippen molar-refractivity contribution < 1.29 is 8.42 Å². The van der Waals surface area contributed by atoms with Gasteiger partial charge in [0.25, 0.3) is 0 Å². The predicted octanol–water partition coefficient (Wildman–Crippen LogP) is 0.819. The molecule has 4 N–H and O–H groups in total. The highest BCUT2D eigenvalue weighted by Gasteiger charge is 2.12. The average Bonchev–Trinajstić information content (AvgIpc) is 2.62. The van der Waals surface area contributed by atoms with Gasteiger partial charge in [0.15, 0.2) is 5.13 Å². The third-order valence-electron chi connectivity index (χ3n) is 1.75. The summed E-state index contributed by atoms with van der Waals surface area (Å²) in [5, 5.41) is 2.07. The summed E-state index contributed by atoms with van der Waals surface area (Å²) < 4.78 is 27.6. The summed E-state index contributed by atoms with van der Waals surface area (Å²) in [6, 6.07) is -0.196. The lowest BCUT2D eigenvalue weighted by atomic mass is 10.3. The van der Waals surface area contributed by atoms with Crippen LogP contribution in [0.15, 0.2) is 5.38 Å². The molecule has 1 rings (SSSR count). The maximum Gasteiger partial charge on any atom is 0.300 e. The van der Waals surface area contributed by atoms with Gasteiger partial charge in [-0.15, -0.1) is 11.3 Å². The van der Waals surface area contributed by atoms with Crippen LogP contribution in [0.2, 0.25) is 0 Å². The first-order chi connectivity index (χ1) is 7.44. The minimum Gasteiger partial charge on any atom is -0.323 e. The lowest BCUT2D eigenvalue weighted by molar-refractivity contribution is 0.586. The van der Waals surface area contributed by atoms with E-state index in [9.17, 15) is 8.42 Å². The van der Waals surface area contributed by atoms with Crippen LogP contribution in [-0.2, 0) is 10.2 Å². The van der Waals surface area contributed by atoms with Crippen LogP contribution in [0.25, 0.3) is 0 Å². The van der Waals surface area contributed by atoms with Crippen molar-refractivity contribution in [1.82, 2.24) is 9.71 Å². The average molecular weight is 264 g/mol. The molecule has 1 unspecified atom stereocenters. The van der Waals surface area contributed by atoms with E-state index in [1.807, 2.05) is 6.92 Å². The second-order valence-electron chi connectivity index (χ2n) is 3.37. The molecular weight excluding hydrogens is 248 g/mol. The molecule has 6 nitrogen and oxygen atoms in total. The number of hydrogen-bond acceptors (Lipinski definition) is 5. The van der Waals surface area contributed by atoms with Crippen molar-refractivity contribution in [3.8, 4) is 0 Å². The molecule has 8 heteroatoms. The zero-order valence-electron chi connectivity index (χ0n) is 9.23. The van der Waals surface area contributed by atoms with E-state index in [0.29, 0.717) is 17.4 Å². The molecule has 1 heterocycles. The van der Waals surface area contributed by atoms with Crippen LogP contribution in [0, 0.1) is 0 Å². The molecule has 0 aliphatic carbocycles. The Kier molecular flexibility index (Phi) is 4.66. The van der Waals surface area contributed by atoms with E-state index in [-0.39, 0.29) is 6.04 Å². The molecular formula is C8H16N4O2S2. The third-order valence-corrected chi connectivity index (χ3v) is 3.70. The maximum absolute atomic E-state index is 11.5. The van der Waals surface area contributed by atoms with Crippen LogP contribution in [0.4, 0.5) is 5.13 Å². The number of nitrogens with one attached hydrogen (secondary N) is 2. The lowest BCUT2D eigenvalue weighted by Gasteiger charge is -2.05. The van der Waals surface area contributed by atoms with Crippen molar-refractivity contribution >= 4 is 26.7 Å². The molecule has 0 amide bonds. The zero-order chi connectivity index (χ0) is 12.2. The molecule has 92 valence electrons. The molecule has 16 heavy (non-hydrogen) atoms. The Morgan fingerprint density at radius 2 is 2.31 bits per heavy atom. The second kappa shape index (κ2) is 5.58.